The fourth-order valence-corrected chi connectivity index (χ4v) is 4.54. The van der Waals surface area contributed by atoms with Gasteiger partial charge in [-0.2, -0.15) is 4.98 Å². The van der Waals surface area contributed by atoms with Gasteiger partial charge in [-0.15, -0.1) is 0 Å². The zero-order chi connectivity index (χ0) is 22.1. The van der Waals surface area contributed by atoms with E-state index in [0.29, 0.717) is 12.5 Å². The van der Waals surface area contributed by atoms with Gasteiger partial charge in [-0.05, 0) is 56.4 Å². The van der Waals surface area contributed by atoms with E-state index >= 15 is 0 Å². The van der Waals surface area contributed by atoms with Crippen molar-refractivity contribution in [2.24, 2.45) is 11.7 Å². The molecule has 0 aliphatic carbocycles. The number of fused-ring (bicyclic) bond motifs is 1. The number of carbonyl (C=O) groups excluding carboxylic acids is 1. The Hall–Kier alpha value is -3.20. The molecule has 32 heavy (non-hydrogen) atoms. The van der Waals surface area contributed by atoms with Crippen LogP contribution in [-0.2, 0) is 9.53 Å². The lowest BCUT2D eigenvalue weighted by Gasteiger charge is -2.31. The number of anilines is 1. The number of piperidine rings is 1. The van der Waals surface area contributed by atoms with E-state index < -0.39 is 0 Å². The second-order valence-corrected chi connectivity index (χ2v) is 8.43. The van der Waals surface area contributed by atoms with E-state index in [-0.39, 0.29) is 18.1 Å². The van der Waals surface area contributed by atoms with Crippen molar-refractivity contribution in [1.29, 1.82) is 0 Å². The van der Waals surface area contributed by atoms with Crippen LogP contribution in [0.5, 0.6) is 5.75 Å². The first-order valence-corrected chi connectivity index (χ1v) is 11.2. The summed E-state index contributed by atoms with van der Waals surface area (Å²) in [5.74, 6) is 0.901. The molecular formula is C23H28N6O3. The SMILES string of the molecule is COc1ccc(-c2nc(N3CCCC(C(N)=O)C3)nc3c2ncn3C2CCCCO2)cc1. The maximum Gasteiger partial charge on any atom is 0.228 e. The molecule has 0 bridgehead atoms. The highest BCUT2D eigenvalue weighted by molar-refractivity contribution is 5.88. The normalized spacial score (nSPS) is 21.6. The molecule has 0 spiro atoms. The molecule has 9 heteroatoms. The molecule has 0 radical (unpaired) electrons. The lowest BCUT2D eigenvalue weighted by atomic mass is 9.98. The summed E-state index contributed by atoms with van der Waals surface area (Å²) in [5, 5.41) is 0. The highest BCUT2D eigenvalue weighted by atomic mass is 16.5. The van der Waals surface area contributed by atoms with Gasteiger partial charge >= 0.3 is 0 Å². The number of imidazole rings is 1. The maximum atomic E-state index is 11.8. The third-order valence-corrected chi connectivity index (χ3v) is 6.35. The van der Waals surface area contributed by atoms with Crippen LogP contribution in [0.1, 0.15) is 38.3 Å². The Balaban J connectivity index is 1.62. The highest BCUT2D eigenvalue weighted by Gasteiger charge is 2.28. The van der Waals surface area contributed by atoms with Crippen LogP contribution < -0.4 is 15.4 Å². The Morgan fingerprint density at radius 2 is 2.00 bits per heavy atom. The van der Waals surface area contributed by atoms with Crippen LogP contribution in [0.15, 0.2) is 30.6 Å². The lowest BCUT2D eigenvalue weighted by molar-refractivity contribution is -0.122. The highest BCUT2D eigenvalue weighted by Crippen LogP contribution is 2.33. The minimum atomic E-state index is -0.271. The molecular weight excluding hydrogens is 408 g/mol. The zero-order valence-electron chi connectivity index (χ0n) is 18.2. The van der Waals surface area contributed by atoms with Gasteiger partial charge < -0.3 is 20.1 Å². The summed E-state index contributed by atoms with van der Waals surface area (Å²) in [7, 11) is 1.65. The van der Waals surface area contributed by atoms with E-state index in [2.05, 4.69) is 9.88 Å². The first kappa shape index (κ1) is 20.7. The van der Waals surface area contributed by atoms with E-state index in [1.165, 1.54) is 0 Å². The number of nitrogens with zero attached hydrogens (tertiary/aromatic N) is 5. The number of primary amides is 1. The van der Waals surface area contributed by atoms with Crippen molar-refractivity contribution in [1.82, 2.24) is 19.5 Å². The summed E-state index contributed by atoms with van der Waals surface area (Å²) in [6.45, 7) is 2.04. The van der Waals surface area contributed by atoms with Crippen LogP contribution in [0, 0.1) is 5.92 Å². The molecule has 168 valence electrons. The molecule has 2 atom stereocenters. The summed E-state index contributed by atoms with van der Waals surface area (Å²) >= 11 is 0. The van der Waals surface area contributed by atoms with Crippen molar-refractivity contribution >= 4 is 23.0 Å². The summed E-state index contributed by atoms with van der Waals surface area (Å²) in [5.41, 5.74) is 8.76. The molecule has 3 aromatic rings. The first-order chi connectivity index (χ1) is 15.6. The van der Waals surface area contributed by atoms with Gasteiger partial charge in [0, 0.05) is 25.3 Å². The van der Waals surface area contributed by atoms with Gasteiger partial charge in [0.2, 0.25) is 11.9 Å². The van der Waals surface area contributed by atoms with E-state index in [4.69, 9.17) is 25.2 Å². The van der Waals surface area contributed by atoms with E-state index in [0.717, 1.165) is 73.4 Å². The Labute approximate surface area is 186 Å². The van der Waals surface area contributed by atoms with Gasteiger partial charge in [-0.3, -0.25) is 9.36 Å². The van der Waals surface area contributed by atoms with Crippen molar-refractivity contribution < 1.29 is 14.3 Å². The molecule has 2 aliphatic rings. The summed E-state index contributed by atoms with van der Waals surface area (Å²) in [4.78, 5) is 28.4. The van der Waals surface area contributed by atoms with Crippen molar-refractivity contribution in [3.63, 3.8) is 0 Å². The Morgan fingerprint density at radius 1 is 1.16 bits per heavy atom. The molecule has 1 aromatic carbocycles. The van der Waals surface area contributed by atoms with Crippen LogP contribution in [0.2, 0.25) is 0 Å². The number of carbonyl (C=O) groups is 1. The molecule has 2 fully saturated rings. The Bertz CT molecular complexity index is 1110. The van der Waals surface area contributed by atoms with Crippen LogP contribution in [0.25, 0.3) is 22.4 Å². The van der Waals surface area contributed by atoms with E-state index in [1.807, 2.05) is 28.8 Å². The van der Waals surface area contributed by atoms with Crippen LogP contribution in [0.4, 0.5) is 5.95 Å². The van der Waals surface area contributed by atoms with Crippen molar-refractivity contribution in [2.75, 3.05) is 31.7 Å². The van der Waals surface area contributed by atoms with Gasteiger partial charge in [-0.25, -0.2) is 9.97 Å². The fourth-order valence-electron chi connectivity index (χ4n) is 4.54. The van der Waals surface area contributed by atoms with Crippen LogP contribution >= 0.6 is 0 Å². The minimum Gasteiger partial charge on any atom is -0.497 e. The standard InChI is InChI=1S/C23H28N6O3/c1-31-17-9-7-15(8-10-17)19-20-22(29(14-25-20)18-6-2-3-12-32-18)27-23(26-19)28-11-4-5-16(13-28)21(24)30/h7-10,14,16,18H,2-6,11-13H2,1H3,(H2,24,30). The number of hydrogen-bond acceptors (Lipinski definition) is 7. The monoisotopic (exact) mass is 436 g/mol. The maximum absolute atomic E-state index is 11.8. The van der Waals surface area contributed by atoms with E-state index in [1.54, 1.807) is 13.4 Å². The number of hydrogen-bond donors (Lipinski definition) is 1. The number of benzene rings is 1. The third kappa shape index (κ3) is 3.88. The summed E-state index contributed by atoms with van der Waals surface area (Å²) in [6.07, 6.45) is 6.50. The van der Waals surface area contributed by atoms with Crippen molar-refractivity contribution in [3.05, 3.63) is 30.6 Å². The molecule has 9 nitrogen and oxygen atoms in total. The average molecular weight is 437 g/mol. The van der Waals surface area contributed by atoms with E-state index in [9.17, 15) is 4.79 Å². The predicted octanol–water partition coefficient (Wildman–Crippen LogP) is 2.90. The third-order valence-electron chi connectivity index (χ3n) is 6.35. The van der Waals surface area contributed by atoms with Crippen molar-refractivity contribution in [3.8, 4) is 17.0 Å². The second kappa shape index (κ2) is 8.74. The number of ether oxygens (including phenoxy) is 2. The van der Waals surface area contributed by atoms with Gasteiger partial charge in [0.1, 0.15) is 23.2 Å². The topological polar surface area (TPSA) is 108 Å². The number of aromatic nitrogens is 4. The molecule has 2 saturated heterocycles. The van der Waals surface area contributed by atoms with Crippen LogP contribution in [-0.4, -0.2) is 52.2 Å². The first-order valence-electron chi connectivity index (χ1n) is 11.2. The average Bonchev–Trinajstić information content (AvgIpc) is 3.28. The smallest absolute Gasteiger partial charge is 0.228 e. The molecule has 2 unspecified atom stereocenters. The number of nitrogens with two attached hydrogens (primary N) is 1. The Kier molecular flexibility index (Phi) is 5.65. The molecule has 2 N–H and O–H groups in total. The van der Waals surface area contributed by atoms with Crippen molar-refractivity contribution in [2.45, 2.75) is 38.3 Å². The van der Waals surface area contributed by atoms with Gasteiger partial charge in [0.25, 0.3) is 0 Å². The van der Waals surface area contributed by atoms with Crippen LogP contribution in [0.3, 0.4) is 0 Å². The predicted molar refractivity (Wildman–Crippen MR) is 120 cm³/mol. The number of amides is 1. The lowest BCUT2D eigenvalue weighted by Crippen LogP contribution is -2.42. The summed E-state index contributed by atoms with van der Waals surface area (Å²) in [6, 6.07) is 7.77. The number of rotatable bonds is 5. The molecule has 2 aromatic heterocycles. The largest absolute Gasteiger partial charge is 0.497 e. The molecule has 2 aliphatic heterocycles. The second-order valence-electron chi connectivity index (χ2n) is 8.43. The molecule has 1 amide bonds. The zero-order valence-corrected chi connectivity index (χ0v) is 18.2. The Morgan fingerprint density at radius 3 is 2.72 bits per heavy atom. The summed E-state index contributed by atoms with van der Waals surface area (Å²) < 4.78 is 13.3. The fraction of sp³-hybridized carbons (Fsp3) is 0.478. The molecule has 4 heterocycles. The number of methoxy groups -OCH3 is 1. The molecule has 5 rings (SSSR count). The van der Waals surface area contributed by atoms with Gasteiger partial charge in [0.15, 0.2) is 5.65 Å². The molecule has 0 saturated carbocycles. The van der Waals surface area contributed by atoms with Gasteiger partial charge in [-0.1, -0.05) is 0 Å². The minimum absolute atomic E-state index is 0.0834. The quantitative estimate of drug-likeness (QED) is 0.655. The van der Waals surface area contributed by atoms with Gasteiger partial charge in [0.05, 0.1) is 19.4 Å².